The van der Waals surface area contributed by atoms with Crippen LogP contribution in [0.25, 0.3) is 0 Å². The van der Waals surface area contributed by atoms with E-state index in [1.807, 2.05) is 18.2 Å². The van der Waals surface area contributed by atoms with Crippen molar-refractivity contribution in [1.82, 2.24) is 0 Å². The molecule has 0 unspecified atom stereocenters. The number of rotatable bonds is 9. The zero-order valence-corrected chi connectivity index (χ0v) is 18.0. The van der Waals surface area contributed by atoms with Gasteiger partial charge in [0.2, 0.25) is 0 Å². The maximum absolute atomic E-state index is 12.2. The molecular formula is C22H19O6Sb. The zero-order valence-electron chi connectivity index (χ0n) is 15.5. The van der Waals surface area contributed by atoms with Crippen LogP contribution in [0, 0.1) is 0 Å². The summed E-state index contributed by atoms with van der Waals surface area (Å²) in [6.07, 6.45) is 0. The fourth-order valence-corrected chi connectivity index (χ4v) is 5.48. The van der Waals surface area contributed by atoms with E-state index in [2.05, 4.69) is 0 Å². The Labute approximate surface area is 177 Å². The van der Waals surface area contributed by atoms with Gasteiger partial charge in [0.25, 0.3) is 0 Å². The molecule has 0 saturated heterocycles. The summed E-state index contributed by atoms with van der Waals surface area (Å²) in [6, 6.07) is 26.9. The van der Waals surface area contributed by atoms with Gasteiger partial charge in [0.15, 0.2) is 0 Å². The van der Waals surface area contributed by atoms with E-state index < -0.39 is 33.0 Å². The first-order chi connectivity index (χ1) is 14.2. The summed E-state index contributed by atoms with van der Waals surface area (Å²) in [6.45, 7) is -0.536. The van der Waals surface area contributed by atoms with Crippen molar-refractivity contribution in [3.05, 3.63) is 91.0 Å². The summed E-state index contributed by atoms with van der Waals surface area (Å²) in [7, 11) is 0. The Morgan fingerprint density at radius 3 is 1.38 bits per heavy atom. The number of ether oxygens (including phenoxy) is 2. The second kappa shape index (κ2) is 11.1. The fourth-order valence-electron chi connectivity index (χ4n) is 2.23. The molecule has 0 N–H and O–H groups in total. The van der Waals surface area contributed by atoms with Crippen LogP contribution in [0.2, 0.25) is 0 Å². The molecule has 0 aliphatic rings. The molecule has 7 heteroatoms. The molecular weight excluding hydrogens is 482 g/mol. The Morgan fingerprint density at radius 1 is 0.586 bits per heavy atom. The minimum atomic E-state index is -3.34. The average molecular weight is 501 g/mol. The van der Waals surface area contributed by atoms with Crippen LogP contribution in [-0.4, -0.2) is 46.2 Å². The van der Waals surface area contributed by atoms with Crippen molar-refractivity contribution in [2.24, 2.45) is 0 Å². The van der Waals surface area contributed by atoms with Gasteiger partial charge in [-0.2, -0.15) is 0 Å². The van der Waals surface area contributed by atoms with Crippen LogP contribution >= 0.6 is 0 Å². The Kier molecular flexibility index (Phi) is 7.96. The van der Waals surface area contributed by atoms with Gasteiger partial charge >= 0.3 is 177 Å². The third-order valence-electron chi connectivity index (χ3n) is 3.54. The number of carbonyl (C=O) groups excluding carboxylic acids is 2. The van der Waals surface area contributed by atoms with Crippen LogP contribution in [0.3, 0.4) is 0 Å². The monoisotopic (exact) mass is 500 g/mol. The first kappa shape index (κ1) is 20.7. The van der Waals surface area contributed by atoms with E-state index in [1.54, 1.807) is 72.8 Å². The van der Waals surface area contributed by atoms with Crippen LogP contribution in [-0.2, 0) is 15.6 Å². The van der Waals surface area contributed by atoms with Crippen LogP contribution in [0.15, 0.2) is 91.0 Å². The van der Waals surface area contributed by atoms with Gasteiger partial charge < -0.3 is 0 Å². The van der Waals surface area contributed by atoms with Gasteiger partial charge in [-0.1, -0.05) is 0 Å². The molecule has 148 valence electrons. The van der Waals surface area contributed by atoms with Gasteiger partial charge in [0.05, 0.1) is 0 Å². The molecule has 0 aliphatic heterocycles. The van der Waals surface area contributed by atoms with Gasteiger partial charge in [-0.15, -0.1) is 0 Å². The molecule has 0 radical (unpaired) electrons. The van der Waals surface area contributed by atoms with Crippen molar-refractivity contribution in [3.63, 3.8) is 0 Å². The normalized spacial score (nSPS) is 10.2. The Bertz CT molecular complexity index is 845. The Balaban J connectivity index is 1.57. The second-order valence-electron chi connectivity index (χ2n) is 5.72. The summed E-state index contributed by atoms with van der Waals surface area (Å²) >= 11 is -3.34. The molecule has 0 bridgehead atoms. The molecule has 0 heterocycles. The van der Waals surface area contributed by atoms with E-state index in [-0.39, 0.29) is 13.2 Å². The fraction of sp³-hybridized carbons (Fsp3) is 0.0909. The summed E-state index contributed by atoms with van der Waals surface area (Å²) < 4.78 is 22.5. The second-order valence-corrected chi connectivity index (χ2v) is 9.71. The van der Waals surface area contributed by atoms with Crippen LogP contribution in [0.1, 0.15) is 0 Å². The number of para-hydroxylation sites is 2. The molecule has 0 saturated carbocycles. The third-order valence-corrected chi connectivity index (χ3v) is 7.70. The van der Waals surface area contributed by atoms with Crippen molar-refractivity contribution in [3.8, 4) is 11.5 Å². The molecule has 0 amide bonds. The molecule has 6 nitrogen and oxygen atoms in total. The van der Waals surface area contributed by atoms with E-state index in [4.69, 9.17) is 15.5 Å². The number of carbonyl (C=O) groups is 2. The quantitative estimate of drug-likeness (QED) is 0.420. The summed E-state index contributed by atoms with van der Waals surface area (Å²) in [5.41, 5.74) is 0. The SMILES string of the molecule is O=C(COc1ccccc1)[O][Sb]([O]C(=O)COc1ccccc1)[c]1ccccc1. The summed E-state index contributed by atoms with van der Waals surface area (Å²) in [5, 5.41) is 0. The standard InChI is InChI=1S/2C8H8O3.C6H5.Sb/c2*9-8(10)6-11-7-4-2-1-3-5-7;1-2-4-6-5-3-1;/h2*1-5H,6H2,(H,9,10);1-5H;/q;;;+2/p-2. The van der Waals surface area contributed by atoms with Crippen LogP contribution in [0.5, 0.6) is 11.5 Å². The average Bonchev–Trinajstić information content (AvgIpc) is 2.78. The molecule has 0 spiro atoms. The molecule has 0 aromatic heterocycles. The van der Waals surface area contributed by atoms with Gasteiger partial charge in [-0.05, 0) is 0 Å². The van der Waals surface area contributed by atoms with Crippen molar-refractivity contribution in [2.45, 2.75) is 0 Å². The molecule has 3 rings (SSSR count). The summed E-state index contributed by atoms with van der Waals surface area (Å²) in [4.78, 5) is 24.5. The first-order valence-electron chi connectivity index (χ1n) is 8.83. The van der Waals surface area contributed by atoms with Gasteiger partial charge in [0.1, 0.15) is 0 Å². The van der Waals surface area contributed by atoms with E-state index >= 15 is 0 Å². The van der Waals surface area contributed by atoms with Crippen LogP contribution < -0.4 is 13.0 Å². The predicted octanol–water partition coefficient (Wildman–Crippen LogP) is 2.63. The van der Waals surface area contributed by atoms with Crippen molar-refractivity contribution in [1.29, 1.82) is 0 Å². The van der Waals surface area contributed by atoms with Crippen molar-refractivity contribution < 1.29 is 25.1 Å². The van der Waals surface area contributed by atoms with Crippen molar-refractivity contribution >= 4 is 36.5 Å². The topological polar surface area (TPSA) is 71.1 Å². The Hall–Kier alpha value is -2.98. The number of hydrogen-bond donors (Lipinski definition) is 0. The van der Waals surface area contributed by atoms with Crippen LogP contribution in [0.4, 0.5) is 0 Å². The molecule has 0 aliphatic carbocycles. The molecule has 3 aromatic carbocycles. The van der Waals surface area contributed by atoms with E-state index in [0.717, 1.165) is 0 Å². The zero-order chi connectivity index (χ0) is 20.3. The third kappa shape index (κ3) is 7.16. The van der Waals surface area contributed by atoms with Gasteiger partial charge in [-0.25, -0.2) is 0 Å². The van der Waals surface area contributed by atoms with E-state index in [9.17, 15) is 9.59 Å². The van der Waals surface area contributed by atoms with Gasteiger partial charge in [-0.3, -0.25) is 0 Å². The number of benzene rings is 3. The van der Waals surface area contributed by atoms with Crippen molar-refractivity contribution in [2.75, 3.05) is 13.2 Å². The van der Waals surface area contributed by atoms with E-state index in [0.29, 0.717) is 15.0 Å². The predicted molar refractivity (Wildman–Crippen MR) is 108 cm³/mol. The first-order valence-corrected chi connectivity index (χ1v) is 12.2. The maximum atomic E-state index is 12.2. The number of hydrogen-bond acceptors (Lipinski definition) is 6. The van der Waals surface area contributed by atoms with Gasteiger partial charge in [0, 0.05) is 0 Å². The molecule has 0 fully saturated rings. The minimum absolute atomic E-state index is 0.268. The molecule has 29 heavy (non-hydrogen) atoms. The Morgan fingerprint density at radius 2 is 0.966 bits per heavy atom. The summed E-state index contributed by atoms with van der Waals surface area (Å²) in [5.74, 6) is -0.0584. The van der Waals surface area contributed by atoms with E-state index in [1.165, 1.54) is 0 Å². The molecule has 3 aromatic rings. The molecule has 0 atom stereocenters.